The van der Waals surface area contributed by atoms with Crippen LogP contribution in [0.2, 0.25) is 0 Å². The van der Waals surface area contributed by atoms with Crippen LogP contribution in [0.5, 0.6) is 0 Å². The fourth-order valence-electron chi connectivity index (χ4n) is 2.68. The number of para-hydroxylation sites is 1. The highest BCUT2D eigenvalue weighted by molar-refractivity contribution is 9.10. The SMILES string of the molecule is Brc1cccc2c1N1CCCCC1CN2. The van der Waals surface area contributed by atoms with Gasteiger partial charge in [0.1, 0.15) is 0 Å². The Balaban J connectivity index is 2.05. The van der Waals surface area contributed by atoms with Gasteiger partial charge in [0.15, 0.2) is 0 Å². The molecular weight excluding hydrogens is 252 g/mol. The van der Waals surface area contributed by atoms with Gasteiger partial charge < -0.3 is 10.2 Å². The van der Waals surface area contributed by atoms with E-state index >= 15 is 0 Å². The maximum atomic E-state index is 3.66. The molecule has 1 fully saturated rings. The molecule has 0 aliphatic carbocycles. The van der Waals surface area contributed by atoms with Gasteiger partial charge in [-0.1, -0.05) is 6.07 Å². The number of rotatable bonds is 0. The molecule has 2 aliphatic rings. The third-order valence-electron chi connectivity index (χ3n) is 3.43. The van der Waals surface area contributed by atoms with Gasteiger partial charge in [0, 0.05) is 23.6 Å². The second-order valence-electron chi connectivity index (χ2n) is 4.36. The van der Waals surface area contributed by atoms with Crippen LogP contribution in [0.15, 0.2) is 22.7 Å². The molecule has 1 atom stereocenters. The van der Waals surface area contributed by atoms with Crippen LogP contribution in [0, 0.1) is 0 Å². The third kappa shape index (κ3) is 1.53. The smallest absolute Gasteiger partial charge is 0.0749 e. The molecule has 0 radical (unpaired) electrons. The Morgan fingerprint density at radius 1 is 1.33 bits per heavy atom. The Morgan fingerprint density at radius 3 is 3.20 bits per heavy atom. The van der Waals surface area contributed by atoms with E-state index < -0.39 is 0 Å². The normalized spacial score (nSPS) is 24.1. The van der Waals surface area contributed by atoms with Crippen molar-refractivity contribution in [3.05, 3.63) is 22.7 Å². The molecule has 1 aromatic rings. The predicted octanol–water partition coefficient (Wildman–Crippen LogP) is 3.23. The van der Waals surface area contributed by atoms with Crippen molar-refractivity contribution in [1.29, 1.82) is 0 Å². The first-order valence-electron chi connectivity index (χ1n) is 5.65. The first-order valence-corrected chi connectivity index (χ1v) is 6.44. The van der Waals surface area contributed by atoms with E-state index in [2.05, 4.69) is 44.3 Å². The van der Waals surface area contributed by atoms with Crippen molar-refractivity contribution in [3.8, 4) is 0 Å². The largest absolute Gasteiger partial charge is 0.381 e. The number of piperidine rings is 1. The lowest BCUT2D eigenvalue weighted by Gasteiger charge is -2.43. The average Bonchev–Trinajstić information content (AvgIpc) is 2.29. The van der Waals surface area contributed by atoms with Gasteiger partial charge in [-0.2, -0.15) is 0 Å². The predicted molar refractivity (Wildman–Crippen MR) is 67.6 cm³/mol. The lowest BCUT2D eigenvalue weighted by atomic mass is 9.98. The molecule has 2 heterocycles. The van der Waals surface area contributed by atoms with Gasteiger partial charge in [-0.25, -0.2) is 0 Å². The van der Waals surface area contributed by atoms with Gasteiger partial charge in [-0.15, -0.1) is 0 Å². The maximum absolute atomic E-state index is 3.66. The van der Waals surface area contributed by atoms with E-state index in [0.29, 0.717) is 6.04 Å². The number of halogens is 1. The van der Waals surface area contributed by atoms with Gasteiger partial charge in [-0.3, -0.25) is 0 Å². The molecule has 0 bridgehead atoms. The van der Waals surface area contributed by atoms with Crippen molar-refractivity contribution >= 4 is 27.3 Å². The maximum Gasteiger partial charge on any atom is 0.0749 e. The Hall–Kier alpha value is -0.700. The zero-order chi connectivity index (χ0) is 10.3. The summed E-state index contributed by atoms with van der Waals surface area (Å²) in [6.07, 6.45) is 4.04. The van der Waals surface area contributed by atoms with Crippen LogP contribution in [0.4, 0.5) is 11.4 Å². The number of fused-ring (bicyclic) bond motifs is 3. The van der Waals surface area contributed by atoms with Crippen molar-refractivity contribution in [2.45, 2.75) is 25.3 Å². The molecule has 0 aromatic heterocycles. The standard InChI is InChI=1S/C12H15BrN2/c13-10-5-3-6-11-12(10)15-7-2-1-4-9(15)8-14-11/h3,5-6,9,14H,1-2,4,7-8H2. The second kappa shape index (κ2) is 3.71. The molecule has 3 heteroatoms. The van der Waals surface area contributed by atoms with Gasteiger partial charge >= 0.3 is 0 Å². The fraction of sp³-hybridized carbons (Fsp3) is 0.500. The lowest BCUT2D eigenvalue weighted by molar-refractivity contribution is 0.465. The van der Waals surface area contributed by atoms with E-state index in [9.17, 15) is 0 Å². The Labute approximate surface area is 98.8 Å². The highest BCUT2D eigenvalue weighted by Crippen LogP contribution is 2.40. The van der Waals surface area contributed by atoms with Crippen LogP contribution in [0.3, 0.4) is 0 Å². The van der Waals surface area contributed by atoms with Gasteiger partial charge in [0.05, 0.1) is 11.4 Å². The van der Waals surface area contributed by atoms with Crippen LogP contribution in [-0.4, -0.2) is 19.1 Å². The number of hydrogen-bond donors (Lipinski definition) is 1. The quantitative estimate of drug-likeness (QED) is 0.776. The zero-order valence-corrected chi connectivity index (χ0v) is 10.3. The summed E-state index contributed by atoms with van der Waals surface area (Å²) in [4.78, 5) is 2.57. The van der Waals surface area contributed by atoms with E-state index in [1.165, 1.54) is 41.7 Å². The number of benzene rings is 1. The van der Waals surface area contributed by atoms with Crippen LogP contribution < -0.4 is 10.2 Å². The topological polar surface area (TPSA) is 15.3 Å². The second-order valence-corrected chi connectivity index (χ2v) is 5.21. The molecule has 0 spiro atoms. The van der Waals surface area contributed by atoms with Crippen LogP contribution >= 0.6 is 15.9 Å². The Morgan fingerprint density at radius 2 is 2.27 bits per heavy atom. The number of hydrogen-bond acceptors (Lipinski definition) is 2. The first kappa shape index (κ1) is 9.52. The van der Waals surface area contributed by atoms with E-state index in [0.717, 1.165) is 6.54 Å². The summed E-state index contributed by atoms with van der Waals surface area (Å²) in [6, 6.07) is 7.10. The van der Waals surface area contributed by atoms with Gasteiger partial charge in [0.2, 0.25) is 0 Å². The molecule has 0 amide bonds. The summed E-state index contributed by atoms with van der Waals surface area (Å²) in [5.41, 5.74) is 2.65. The minimum atomic E-state index is 0.699. The van der Waals surface area contributed by atoms with Crippen molar-refractivity contribution in [2.24, 2.45) is 0 Å². The van der Waals surface area contributed by atoms with E-state index in [-0.39, 0.29) is 0 Å². The molecule has 2 nitrogen and oxygen atoms in total. The van der Waals surface area contributed by atoms with Crippen molar-refractivity contribution in [2.75, 3.05) is 23.3 Å². The monoisotopic (exact) mass is 266 g/mol. The number of nitrogens with zero attached hydrogens (tertiary/aromatic N) is 1. The highest BCUT2D eigenvalue weighted by atomic mass is 79.9. The van der Waals surface area contributed by atoms with Crippen molar-refractivity contribution in [3.63, 3.8) is 0 Å². The average molecular weight is 267 g/mol. The molecule has 1 aromatic carbocycles. The summed E-state index contributed by atoms with van der Waals surface area (Å²) in [7, 11) is 0. The summed E-state index contributed by atoms with van der Waals surface area (Å²) in [5, 5.41) is 3.53. The molecule has 3 rings (SSSR count). The lowest BCUT2D eigenvalue weighted by Crippen LogP contribution is -2.47. The van der Waals surface area contributed by atoms with Crippen LogP contribution in [0.1, 0.15) is 19.3 Å². The molecule has 1 saturated heterocycles. The third-order valence-corrected chi connectivity index (χ3v) is 4.07. The van der Waals surface area contributed by atoms with Crippen molar-refractivity contribution in [1.82, 2.24) is 0 Å². The van der Waals surface area contributed by atoms with Gasteiger partial charge in [-0.05, 0) is 47.3 Å². The molecular formula is C12H15BrN2. The van der Waals surface area contributed by atoms with Gasteiger partial charge in [0.25, 0.3) is 0 Å². The van der Waals surface area contributed by atoms with E-state index in [1.807, 2.05) is 0 Å². The highest BCUT2D eigenvalue weighted by Gasteiger charge is 2.29. The number of nitrogens with one attached hydrogen (secondary N) is 1. The van der Waals surface area contributed by atoms with E-state index in [4.69, 9.17) is 0 Å². The molecule has 80 valence electrons. The minimum absolute atomic E-state index is 0.699. The molecule has 0 saturated carbocycles. The fourth-order valence-corrected chi connectivity index (χ4v) is 3.28. The number of anilines is 2. The first-order chi connectivity index (χ1) is 7.36. The summed E-state index contributed by atoms with van der Waals surface area (Å²) < 4.78 is 1.22. The molecule has 2 aliphatic heterocycles. The summed E-state index contributed by atoms with van der Waals surface area (Å²) in [5.74, 6) is 0. The molecule has 1 unspecified atom stereocenters. The van der Waals surface area contributed by atoms with Crippen molar-refractivity contribution < 1.29 is 0 Å². The van der Waals surface area contributed by atoms with Crippen LogP contribution in [0.25, 0.3) is 0 Å². The zero-order valence-electron chi connectivity index (χ0n) is 8.67. The molecule has 1 N–H and O–H groups in total. The summed E-state index contributed by atoms with van der Waals surface area (Å²) in [6.45, 7) is 2.31. The molecule has 15 heavy (non-hydrogen) atoms. The van der Waals surface area contributed by atoms with E-state index in [1.54, 1.807) is 0 Å². The summed E-state index contributed by atoms with van der Waals surface area (Å²) >= 11 is 3.66. The van der Waals surface area contributed by atoms with Crippen LogP contribution in [-0.2, 0) is 0 Å². The minimum Gasteiger partial charge on any atom is -0.381 e. The Bertz CT molecular complexity index is 378. The Kier molecular flexibility index (Phi) is 2.35.